The van der Waals surface area contributed by atoms with Crippen molar-refractivity contribution in [1.29, 1.82) is 0 Å². The van der Waals surface area contributed by atoms with Crippen LogP contribution in [0, 0.1) is 5.41 Å². The van der Waals surface area contributed by atoms with Crippen LogP contribution in [0.5, 0.6) is 0 Å². The number of hydrogen-bond acceptors (Lipinski definition) is 3. The molecule has 0 aliphatic heterocycles. The van der Waals surface area contributed by atoms with Crippen molar-refractivity contribution in [2.45, 2.75) is 26.9 Å². The van der Waals surface area contributed by atoms with Crippen LogP contribution >= 0.6 is 0 Å². The second-order valence-corrected chi connectivity index (χ2v) is 3.82. The Hall–Kier alpha value is -0.120. The van der Waals surface area contributed by atoms with Gasteiger partial charge in [-0.05, 0) is 5.41 Å². The number of nitrogens with zero attached hydrogens (tertiary/aromatic N) is 1. The van der Waals surface area contributed by atoms with Gasteiger partial charge in [0, 0.05) is 13.6 Å². The number of aliphatic hydroxyl groups excluding tert-OH is 1. The van der Waals surface area contributed by atoms with Crippen molar-refractivity contribution < 1.29 is 5.11 Å². The predicted octanol–water partition coefficient (Wildman–Crippen LogP) is 0.199. The highest BCUT2D eigenvalue weighted by Crippen LogP contribution is 2.18. The van der Waals surface area contributed by atoms with Crippen LogP contribution in [-0.4, -0.2) is 29.8 Å². The SMILES string of the molecule is CN(N)CC(O)C(C)(C)C. The summed E-state index contributed by atoms with van der Waals surface area (Å²) in [5.74, 6) is 5.36. The van der Waals surface area contributed by atoms with Gasteiger partial charge in [-0.3, -0.25) is 5.84 Å². The zero-order valence-corrected chi connectivity index (χ0v) is 7.26. The molecule has 3 N–H and O–H groups in total. The van der Waals surface area contributed by atoms with Gasteiger partial charge in [-0.2, -0.15) is 0 Å². The van der Waals surface area contributed by atoms with Crippen LogP contribution in [0.25, 0.3) is 0 Å². The molecule has 0 radical (unpaired) electrons. The molecule has 0 aromatic rings. The Morgan fingerprint density at radius 2 is 1.90 bits per heavy atom. The van der Waals surface area contributed by atoms with Crippen LogP contribution in [0.4, 0.5) is 0 Å². The van der Waals surface area contributed by atoms with E-state index in [2.05, 4.69) is 0 Å². The van der Waals surface area contributed by atoms with Crippen LogP contribution in [-0.2, 0) is 0 Å². The lowest BCUT2D eigenvalue weighted by atomic mass is 9.89. The molecule has 0 rings (SSSR count). The highest BCUT2D eigenvalue weighted by molar-refractivity contribution is 4.73. The van der Waals surface area contributed by atoms with Crippen molar-refractivity contribution in [2.24, 2.45) is 11.3 Å². The van der Waals surface area contributed by atoms with Crippen molar-refractivity contribution in [3.8, 4) is 0 Å². The molecule has 0 bridgehead atoms. The molecule has 0 aromatic carbocycles. The van der Waals surface area contributed by atoms with Crippen LogP contribution in [0.3, 0.4) is 0 Å². The van der Waals surface area contributed by atoms with Crippen LogP contribution in [0.1, 0.15) is 20.8 Å². The number of nitrogens with two attached hydrogens (primary N) is 1. The molecule has 1 atom stereocenters. The van der Waals surface area contributed by atoms with Crippen LogP contribution in [0.2, 0.25) is 0 Å². The molecule has 62 valence electrons. The second kappa shape index (κ2) is 3.32. The molecule has 1 unspecified atom stereocenters. The minimum Gasteiger partial charge on any atom is -0.391 e. The molecule has 0 aliphatic rings. The highest BCUT2D eigenvalue weighted by atomic mass is 16.3. The van der Waals surface area contributed by atoms with Gasteiger partial charge in [0.05, 0.1) is 6.10 Å². The molecule has 0 spiro atoms. The van der Waals surface area contributed by atoms with Crippen molar-refractivity contribution in [2.75, 3.05) is 13.6 Å². The fourth-order valence-electron chi connectivity index (χ4n) is 0.547. The molecule has 0 aromatic heterocycles. The smallest absolute Gasteiger partial charge is 0.0729 e. The maximum atomic E-state index is 9.43. The van der Waals surface area contributed by atoms with E-state index in [9.17, 15) is 5.11 Å². The van der Waals surface area contributed by atoms with Gasteiger partial charge in [-0.15, -0.1) is 0 Å². The molecular weight excluding hydrogens is 128 g/mol. The van der Waals surface area contributed by atoms with Gasteiger partial charge < -0.3 is 5.11 Å². The van der Waals surface area contributed by atoms with E-state index in [1.54, 1.807) is 7.05 Å². The third-order valence-electron chi connectivity index (χ3n) is 1.46. The van der Waals surface area contributed by atoms with Gasteiger partial charge >= 0.3 is 0 Å². The van der Waals surface area contributed by atoms with E-state index in [0.29, 0.717) is 6.54 Å². The third-order valence-corrected chi connectivity index (χ3v) is 1.46. The lowest BCUT2D eigenvalue weighted by Crippen LogP contribution is -2.40. The van der Waals surface area contributed by atoms with Crippen molar-refractivity contribution in [1.82, 2.24) is 5.01 Å². The second-order valence-electron chi connectivity index (χ2n) is 3.82. The molecule has 3 nitrogen and oxygen atoms in total. The minimum atomic E-state index is -0.359. The first-order valence-corrected chi connectivity index (χ1v) is 3.48. The molecule has 0 heterocycles. The Labute approximate surface area is 62.8 Å². The monoisotopic (exact) mass is 146 g/mol. The first-order valence-electron chi connectivity index (χ1n) is 3.48. The number of rotatable bonds is 2. The maximum absolute atomic E-state index is 9.43. The number of hydrazine groups is 1. The normalized spacial score (nSPS) is 15.9. The zero-order chi connectivity index (χ0) is 8.36. The summed E-state index contributed by atoms with van der Waals surface area (Å²) in [6.07, 6.45) is -0.359. The summed E-state index contributed by atoms with van der Waals surface area (Å²) in [5.41, 5.74) is -0.0758. The Balaban J connectivity index is 3.73. The van der Waals surface area contributed by atoms with Crippen LogP contribution < -0.4 is 5.84 Å². The molecule has 0 fully saturated rings. The molecule has 3 heteroatoms. The topological polar surface area (TPSA) is 49.5 Å². The van der Waals surface area contributed by atoms with Gasteiger partial charge in [0.1, 0.15) is 0 Å². The van der Waals surface area contributed by atoms with Gasteiger partial charge in [0.25, 0.3) is 0 Å². The highest BCUT2D eigenvalue weighted by Gasteiger charge is 2.22. The minimum absolute atomic E-state index is 0.0758. The first kappa shape index (κ1) is 9.88. The summed E-state index contributed by atoms with van der Waals surface area (Å²) in [7, 11) is 1.74. The predicted molar refractivity (Wildman–Crippen MR) is 42.3 cm³/mol. The van der Waals surface area contributed by atoms with E-state index in [4.69, 9.17) is 5.84 Å². The Bertz CT molecular complexity index is 96.3. The number of hydrogen-bond donors (Lipinski definition) is 2. The quantitative estimate of drug-likeness (QED) is 0.432. The molecular formula is C7H18N2O. The molecule has 0 amide bonds. The Kier molecular flexibility index (Phi) is 3.28. The summed E-state index contributed by atoms with van der Waals surface area (Å²) < 4.78 is 0. The standard InChI is InChI=1S/C7H18N2O/c1-7(2,3)6(10)5-9(4)8/h6,10H,5,8H2,1-4H3. The van der Waals surface area contributed by atoms with E-state index >= 15 is 0 Å². The summed E-state index contributed by atoms with van der Waals surface area (Å²) in [5, 5.41) is 10.9. The summed E-state index contributed by atoms with van der Waals surface area (Å²) in [4.78, 5) is 0. The van der Waals surface area contributed by atoms with Crippen molar-refractivity contribution in [3.63, 3.8) is 0 Å². The lowest BCUT2D eigenvalue weighted by Gasteiger charge is -2.27. The largest absolute Gasteiger partial charge is 0.391 e. The van der Waals surface area contributed by atoms with Gasteiger partial charge in [0.15, 0.2) is 0 Å². The fourth-order valence-corrected chi connectivity index (χ4v) is 0.547. The van der Waals surface area contributed by atoms with Gasteiger partial charge in [-0.25, -0.2) is 5.01 Å². The van der Waals surface area contributed by atoms with Crippen molar-refractivity contribution in [3.05, 3.63) is 0 Å². The average molecular weight is 146 g/mol. The summed E-state index contributed by atoms with van der Waals surface area (Å²) >= 11 is 0. The van der Waals surface area contributed by atoms with E-state index in [0.717, 1.165) is 0 Å². The summed E-state index contributed by atoms with van der Waals surface area (Å²) in [6, 6.07) is 0. The first-order chi connectivity index (χ1) is 4.34. The van der Waals surface area contributed by atoms with E-state index in [1.165, 1.54) is 5.01 Å². The fraction of sp³-hybridized carbons (Fsp3) is 1.00. The lowest BCUT2D eigenvalue weighted by molar-refractivity contribution is 0.0350. The molecule has 0 saturated carbocycles. The third kappa shape index (κ3) is 3.82. The molecule has 0 saturated heterocycles. The van der Waals surface area contributed by atoms with Crippen LogP contribution in [0.15, 0.2) is 0 Å². The average Bonchev–Trinajstić information content (AvgIpc) is 1.60. The van der Waals surface area contributed by atoms with E-state index < -0.39 is 0 Å². The van der Waals surface area contributed by atoms with E-state index in [-0.39, 0.29) is 11.5 Å². The van der Waals surface area contributed by atoms with Gasteiger partial charge in [0.2, 0.25) is 0 Å². The van der Waals surface area contributed by atoms with Gasteiger partial charge in [-0.1, -0.05) is 20.8 Å². The van der Waals surface area contributed by atoms with Crippen molar-refractivity contribution >= 4 is 0 Å². The zero-order valence-electron chi connectivity index (χ0n) is 7.26. The maximum Gasteiger partial charge on any atom is 0.0729 e. The molecule has 10 heavy (non-hydrogen) atoms. The summed E-state index contributed by atoms with van der Waals surface area (Å²) in [6.45, 7) is 6.48. The number of likely N-dealkylation sites (N-methyl/N-ethyl adjacent to an activating group) is 1. The van der Waals surface area contributed by atoms with E-state index in [1.807, 2.05) is 20.8 Å². The molecule has 0 aliphatic carbocycles. The Morgan fingerprint density at radius 1 is 1.50 bits per heavy atom. The number of aliphatic hydroxyl groups is 1. The Morgan fingerprint density at radius 3 is 2.00 bits per heavy atom.